The van der Waals surface area contributed by atoms with Crippen LogP contribution in [0.15, 0.2) is 118 Å². The van der Waals surface area contributed by atoms with Crippen LogP contribution < -0.4 is 0 Å². The number of nitrogens with one attached hydrogen (secondary N) is 2. The molecule has 0 spiro atoms. The summed E-state index contributed by atoms with van der Waals surface area (Å²) in [4.78, 5) is 17.8. The van der Waals surface area contributed by atoms with Crippen molar-refractivity contribution in [1.29, 1.82) is 0 Å². The fourth-order valence-electron chi connectivity index (χ4n) is 4.77. The Morgan fingerprint density at radius 2 is 1.47 bits per heavy atom. The second-order valence-corrected chi connectivity index (χ2v) is 11.2. The summed E-state index contributed by atoms with van der Waals surface area (Å²) >= 11 is 3.58. The summed E-state index contributed by atoms with van der Waals surface area (Å²) in [6.07, 6.45) is 20.1. The van der Waals surface area contributed by atoms with Crippen molar-refractivity contribution in [2.24, 2.45) is 9.98 Å². The van der Waals surface area contributed by atoms with Crippen molar-refractivity contribution in [2.45, 2.75) is 53.4 Å². The molecule has 8 heterocycles. The zero-order chi connectivity index (χ0) is 26.0. The average Bonchev–Trinajstić information content (AvgIpc) is 3.76. The summed E-state index contributed by atoms with van der Waals surface area (Å²) in [6.45, 7) is 1.87. The van der Waals surface area contributed by atoms with Crippen molar-refractivity contribution in [3.05, 3.63) is 120 Å². The van der Waals surface area contributed by atoms with E-state index in [4.69, 9.17) is 0 Å². The van der Waals surface area contributed by atoms with Crippen molar-refractivity contribution >= 4 is 45.6 Å². The van der Waals surface area contributed by atoms with Gasteiger partial charge in [-0.3, -0.25) is 5.10 Å². The Morgan fingerprint density at radius 1 is 0.744 bits per heavy atom. The van der Waals surface area contributed by atoms with Gasteiger partial charge in [0.2, 0.25) is 0 Å². The molecule has 5 aliphatic heterocycles. The van der Waals surface area contributed by atoms with E-state index in [1.807, 2.05) is 60.6 Å². The second-order valence-electron chi connectivity index (χ2n) is 9.25. The van der Waals surface area contributed by atoms with Crippen LogP contribution >= 0.6 is 23.1 Å². The molecular weight excluding hydrogens is 571 g/mol. The highest BCUT2D eigenvalue weighted by Crippen LogP contribution is 2.39. The number of thioether (sulfide) groups is 1. The number of aromatic amines is 2. The fourth-order valence-corrected chi connectivity index (χ4v) is 6.59. The predicted octanol–water partition coefficient (Wildman–Crippen LogP) is 9.85. The van der Waals surface area contributed by atoms with Crippen LogP contribution in [0.4, 0.5) is 10.8 Å². The quantitative estimate of drug-likeness (QED) is 0.208. The van der Waals surface area contributed by atoms with Crippen molar-refractivity contribution in [2.75, 3.05) is 0 Å². The van der Waals surface area contributed by atoms with Gasteiger partial charge < -0.3 is 14.8 Å². The minimum atomic E-state index is 0. The molecule has 4 aromatic rings. The molecule has 0 radical (unpaired) electrons. The van der Waals surface area contributed by atoms with Gasteiger partial charge in [-0.05, 0) is 47.9 Å². The number of nitrogens with zero attached hydrogens (tertiary/aromatic N) is 5. The highest BCUT2D eigenvalue weighted by atomic mass is 32.2. The third kappa shape index (κ3) is 6.84. The van der Waals surface area contributed by atoms with Gasteiger partial charge in [0, 0.05) is 51.5 Å². The molecule has 0 unspecified atom stereocenters. The molecule has 0 atom stereocenters. The van der Waals surface area contributed by atoms with E-state index >= 15 is 0 Å². The molecule has 9 rings (SSSR count). The number of hydrogen-bond donors (Lipinski definition) is 2. The van der Waals surface area contributed by atoms with Crippen LogP contribution in [0.25, 0.3) is 11.3 Å². The Bertz CT molecular complexity index is 1610. The molecule has 0 bridgehead atoms. The van der Waals surface area contributed by atoms with Crippen LogP contribution in [0.5, 0.6) is 0 Å². The number of H-pyrrole nitrogens is 2. The van der Waals surface area contributed by atoms with E-state index in [2.05, 4.69) is 89.1 Å². The van der Waals surface area contributed by atoms with Crippen LogP contribution in [0.2, 0.25) is 0 Å². The number of hydrogen-bond acceptors (Lipinski definition) is 7. The Hall–Kier alpha value is -4.34. The zero-order valence-corrected chi connectivity index (χ0v) is 22.6. The lowest BCUT2D eigenvalue weighted by atomic mass is 10.1. The summed E-state index contributed by atoms with van der Waals surface area (Å²) in [6, 6.07) is 12.7. The van der Waals surface area contributed by atoms with Gasteiger partial charge in [0.05, 0.1) is 25.0 Å². The van der Waals surface area contributed by atoms with Gasteiger partial charge in [-0.2, -0.15) is 5.10 Å². The molecule has 0 fully saturated rings. The molecule has 3 aromatic heterocycles. The summed E-state index contributed by atoms with van der Waals surface area (Å²) in [7, 11) is 0. The van der Waals surface area contributed by atoms with Gasteiger partial charge in [-0.15, -0.1) is 23.1 Å². The number of allylic oxidation sites excluding steroid dienone is 4. The van der Waals surface area contributed by atoms with Crippen LogP contribution in [-0.4, -0.2) is 36.7 Å². The lowest BCUT2D eigenvalue weighted by Crippen LogP contribution is -2.27. The number of benzene rings is 1. The molecule has 1 aromatic carbocycles. The maximum atomic E-state index is 4.55. The number of fused-ring (bicyclic) bond motifs is 7. The van der Waals surface area contributed by atoms with Gasteiger partial charge in [0.15, 0.2) is 0 Å². The first-order chi connectivity index (χ1) is 19.3. The summed E-state index contributed by atoms with van der Waals surface area (Å²) < 4.78 is 0. The molecule has 43 heavy (non-hydrogen) atoms. The maximum Gasteiger partial charge on any atom is 0.137 e. The molecule has 0 saturated heterocycles. The minimum Gasteiger partial charge on any atom is -0.346 e. The molecule has 5 aliphatic rings. The van der Waals surface area contributed by atoms with Gasteiger partial charge in [-0.1, -0.05) is 60.1 Å². The van der Waals surface area contributed by atoms with E-state index in [9.17, 15) is 0 Å². The van der Waals surface area contributed by atoms with E-state index < -0.39 is 0 Å². The first kappa shape index (κ1) is 33.2. The average molecular weight is 612 g/mol. The van der Waals surface area contributed by atoms with Gasteiger partial charge in [0.25, 0.3) is 0 Å². The normalized spacial score (nSPS) is 15.1. The van der Waals surface area contributed by atoms with Crippen LogP contribution in [0, 0.1) is 0 Å². The van der Waals surface area contributed by atoms with Crippen molar-refractivity contribution in [1.82, 2.24) is 25.0 Å². The van der Waals surface area contributed by atoms with Crippen molar-refractivity contribution in [3.63, 3.8) is 0 Å². The van der Waals surface area contributed by atoms with Crippen LogP contribution in [0.1, 0.15) is 46.4 Å². The monoisotopic (exact) mass is 611 g/mol. The molecule has 2 N–H and O–H groups in total. The van der Waals surface area contributed by atoms with Gasteiger partial charge in [0.1, 0.15) is 22.5 Å². The summed E-state index contributed by atoms with van der Waals surface area (Å²) in [5.41, 5.74) is 6.36. The smallest absolute Gasteiger partial charge is 0.137 e. The maximum absolute atomic E-state index is 4.55. The van der Waals surface area contributed by atoms with Gasteiger partial charge >= 0.3 is 0 Å². The molecule has 224 valence electrons. The van der Waals surface area contributed by atoms with E-state index in [1.54, 1.807) is 11.3 Å². The molecule has 0 aliphatic carbocycles. The first-order valence-corrected chi connectivity index (χ1v) is 14.6. The number of thiophene rings is 1. The van der Waals surface area contributed by atoms with E-state index in [0.29, 0.717) is 0 Å². The van der Waals surface area contributed by atoms with E-state index in [0.717, 1.165) is 41.3 Å². The largest absolute Gasteiger partial charge is 0.346 e. The van der Waals surface area contributed by atoms with Crippen LogP contribution in [0.3, 0.4) is 0 Å². The van der Waals surface area contributed by atoms with Crippen LogP contribution in [-0.2, 0) is 18.8 Å². The van der Waals surface area contributed by atoms with Crippen molar-refractivity contribution in [3.8, 4) is 11.3 Å². The molecule has 0 saturated carbocycles. The Labute approximate surface area is 264 Å². The topological polar surface area (TPSA) is 75.7 Å². The first-order valence-electron chi connectivity index (χ1n) is 12.7. The Morgan fingerprint density at radius 3 is 2.26 bits per heavy atom. The molecular formula is C34H41N7S2. The summed E-state index contributed by atoms with van der Waals surface area (Å²) in [5.74, 6) is 4.09. The Kier molecular flexibility index (Phi) is 11.3. The van der Waals surface area contributed by atoms with Crippen molar-refractivity contribution < 1.29 is 0 Å². The number of rotatable bonds is 0. The third-order valence-corrected chi connectivity index (χ3v) is 8.72. The lowest BCUT2D eigenvalue weighted by Gasteiger charge is -2.25. The minimum absolute atomic E-state index is 0. The third-order valence-electron chi connectivity index (χ3n) is 6.75. The Balaban J connectivity index is 0.000000169. The second kappa shape index (κ2) is 14.7. The highest BCUT2D eigenvalue weighted by Gasteiger charge is 2.19. The van der Waals surface area contributed by atoms with E-state index in [1.165, 1.54) is 32.8 Å². The number of aliphatic imine (C=N–C) groups is 2. The fraction of sp³-hybridized carbons (Fsp3) is 0.206. The zero-order valence-electron chi connectivity index (χ0n) is 21.0. The number of aromatic nitrogens is 3. The highest BCUT2D eigenvalue weighted by molar-refractivity contribution is 7.98. The van der Waals surface area contributed by atoms with E-state index in [-0.39, 0.29) is 29.7 Å². The molecule has 0 amide bonds. The number of amidine groups is 2. The predicted molar refractivity (Wildman–Crippen MR) is 187 cm³/mol. The SMILES string of the molecule is C.C.C.C.C1=CC2=Nc3[nH]ccc3CN2C=C1.C1=CC2=Nc3sccc3CN2C=C1.c1ccc2c(c1)SCc1cn[nH]c1-2. The summed E-state index contributed by atoms with van der Waals surface area (Å²) in [5, 5.41) is 10.4. The lowest BCUT2D eigenvalue weighted by molar-refractivity contribution is 0.544. The molecule has 9 heteroatoms. The standard InChI is InChI=1S/C10H9N3.2C10H8N2S.4CH4/c1-2-6-13-7-8-4-5-11-10(8)12-9(13)3-1;1-2-5-12-7-8-4-6-13-10(8)11-9(12)3-1;1-2-4-9-8(3-1)10-7(6-13-9)5-11-12-10;;;;/h1-6,11H,7H2;1-6H,7H2;1-5H,6H2,(H,11,12);4*1H4. The molecule has 7 nitrogen and oxygen atoms in total. The van der Waals surface area contributed by atoms with Gasteiger partial charge in [-0.25, -0.2) is 9.98 Å².